The van der Waals surface area contributed by atoms with Crippen molar-refractivity contribution in [3.8, 4) is 45.7 Å². The lowest BCUT2D eigenvalue weighted by Gasteiger charge is -2.01. The molecule has 4 heterocycles. The summed E-state index contributed by atoms with van der Waals surface area (Å²) in [6.45, 7) is 0. The number of aromatic nitrogens is 5. The fraction of sp³-hybridized carbons (Fsp3) is 0. The molecule has 9 heteroatoms. The van der Waals surface area contributed by atoms with E-state index in [0.717, 1.165) is 16.5 Å². The molecule has 7 nitrogen and oxygen atoms in total. The molecular formula is C24H13ClFN5O2. The van der Waals surface area contributed by atoms with Crippen LogP contribution < -0.4 is 0 Å². The number of halogens is 2. The Labute approximate surface area is 190 Å². The molecule has 0 aliphatic carbocycles. The van der Waals surface area contributed by atoms with E-state index in [2.05, 4.69) is 25.1 Å². The number of aromatic amines is 1. The Morgan fingerprint density at radius 1 is 0.970 bits per heavy atom. The van der Waals surface area contributed by atoms with Crippen LogP contribution >= 0.6 is 11.6 Å². The predicted octanol–water partition coefficient (Wildman–Crippen LogP) is 6.39. The van der Waals surface area contributed by atoms with Gasteiger partial charge in [0.1, 0.15) is 22.9 Å². The number of pyridine rings is 1. The summed E-state index contributed by atoms with van der Waals surface area (Å²) in [5.74, 6) is 1.24. The van der Waals surface area contributed by atoms with Crippen LogP contribution in [0.15, 0.2) is 82.1 Å². The zero-order chi connectivity index (χ0) is 22.4. The Morgan fingerprint density at radius 3 is 2.76 bits per heavy atom. The Balaban J connectivity index is 1.34. The fourth-order valence-electron chi connectivity index (χ4n) is 3.56. The van der Waals surface area contributed by atoms with Crippen LogP contribution in [0.2, 0.25) is 5.02 Å². The van der Waals surface area contributed by atoms with Gasteiger partial charge in [-0.3, -0.25) is 4.98 Å². The SMILES string of the molecule is Fc1cccc(Cl)c1-c1nc(-c2cc3cc(-c4nc(-c5cccnc5)no4)ccc3o2)c[nH]1. The Hall–Kier alpha value is -4.30. The van der Waals surface area contributed by atoms with Crippen LogP contribution in [0.4, 0.5) is 4.39 Å². The maximum atomic E-state index is 14.2. The van der Waals surface area contributed by atoms with E-state index < -0.39 is 5.82 Å². The van der Waals surface area contributed by atoms with Crippen molar-refractivity contribution in [2.45, 2.75) is 0 Å². The van der Waals surface area contributed by atoms with Crippen molar-refractivity contribution < 1.29 is 13.3 Å². The van der Waals surface area contributed by atoms with Crippen molar-refractivity contribution in [1.82, 2.24) is 25.1 Å². The summed E-state index contributed by atoms with van der Waals surface area (Å²) in [5, 5.41) is 5.14. The van der Waals surface area contributed by atoms with E-state index in [4.69, 9.17) is 20.5 Å². The minimum Gasteiger partial charge on any atom is -0.454 e. The van der Waals surface area contributed by atoms with Gasteiger partial charge in [0.15, 0.2) is 5.76 Å². The molecule has 0 bridgehead atoms. The third-order valence-corrected chi connectivity index (χ3v) is 5.45. The summed E-state index contributed by atoms with van der Waals surface area (Å²) in [5.41, 5.74) is 2.92. The van der Waals surface area contributed by atoms with Crippen LogP contribution in [0.5, 0.6) is 0 Å². The van der Waals surface area contributed by atoms with Crippen molar-refractivity contribution in [1.29, 1.82) is 0 Å². The standard InChI is InChI=1S/C24H13ClFN5O2/c25-16-4-1-5-17(26)21(16)23-28-12-18(29-23)20-10-15-9-13(6-7-19(15)32-20)24-30-22(31-33-24)14-3-2-8-27-11-14/h1-12H,(H,28,29). The lowest BCUT2D eigenvalue weighted by atomic mass is 10.1. The molecule has 0 spiro atoms. The molecule has 0 saturated heterocycles. The predicted molar refractivity (Wildman–Crippen MR) is 121 cm³/mol. The molecule has 0 amide bonds. The van der Waals surface area contributed by atoms with Gasteiger partial charge in [0.25, 0.3) is 5.89 Å². The van der Waals surface area contributed by atoms with Crippen molar-refractivity contribution in [3.05, 3.63) is 84.0 Å². The van der Waals surface area contributed by atoms with E-state index in [1.54, 1.807) is 30.7 Å². The molecule has 160 valence electrons. The number of nitrogens with one attached hydrogen (secondary N) is 1. The van der Waals surface area contributed by atoms with Crippen LogP contribution in [0.1, 0.15) is 0 Å². The lowest BCUT2D eigenvalue weighted by molar-refractivity contribution is 0.432. The first-order chi connectivity index (χ1) is 16.2. The van der Waals surface area contributed by atoms with Crippen molar-refractivity contribution in [2.75, 3.05) is 0 Å². The zero-order valence-electron chi connectivity index (χ0n) is 16.8. The molecule has 6 aromatic rings. The molecular weight excluding hydrogens is 445 g/mol. The number of furan rings is 1. The number of H-pyrrole nitrogens is 1. The first-order valence-corrected chi connectivity index (χ1v) is 10.3. The molecule has 0 aliphatic rings. The zero-order valence-corrected chi connectivity index (χ0v) is 17.5. The summed E-state index contributed by atoms with van der Waals surface area (Å²) in [6, 6.07) is 15.6. The molecule has 0 unspecified atom stereocenters. The molecule has 6 rings (SSSR count). The van der Waals surface area contributed by atoms with Gasteiger partial charge in [0.05, 0.1) is 10.6 Å². The maximum absolute atomic E-state index is 14.2. The molecule has 0 saturated carbocycles. The molecule has 2 aromatic carbocycles. The fourth-order valence-corrected chi connectivity index (χ4v) is 3.81. The summed E-state index contributed by atoms with van der Waals surface area (Å²) >= 11 is 6.15. The topological polar surface area (TPSA) is 93.6 Å². The Morgan fingerprint density at radius 2 is 1.91 bits per heavy atom. The highest BCUT2D eigenvalue weighted by molar-refractivity contribution is 6.33. The number of hydrogen-bond acceptors (Lipinski definition) is 6. The van der Waals surface area contributed by atoms with Gasteiger partial charge in [-0.2, -0.15) is 4.98 Å². The molecule has 0 fully saturated rings. The second-order valence-corrected chi connectivity index (χ2v) is 7.67. The number of hydrogen-bond donors (Lipinski definition) is 1. The van der Waals surface area contributed by atoms with Gasteiger partial charge in [0, 0.05) is 35.1 Å². The average molecular weight is 458 g/mol. The van der Waals surface area contributed by atoms with Crippen LogP contribution in [0.3, 0.4) is 0 Å². The van der Waals surface area contributed by atoms with Gasteiger partial charge >= 0.3 is 0 Å². The van der Waals surface area contributed by atoms with E-state index in [1.807, 2.05) is 36.4 Å². The number of nitrogens with zero attached hydrogens (tertiary/aromatic N) is 4. The van der Waals surface area contributed by atoms with Gasteiger partial charge in [-0.25, -0.2) is 9.37 Å². The maximum Gasteiger partial charge on any atom is 0.258 e. The summed E-state index contributed by atoms with van der Waals surface area (Å²) in [6.07, 6.45) is 5.00. The van der Waals surface area contributed by atoms with Crippen LogP contribution in [0, 0.1) is 5.82 Å². The van der Waals surface area contributed by atoms with Crippen LogP contribution in [-0.2, 0) is 0 Å². The highest BCUT2D eigenvalue weighted by Crippen LogP contribution is 2.33. The minimum atomic E-state index is -0.456. The second kappa shape index (κ2) is 7.68. The Bertz CT molecular complexity index is 1590. The van der Waals surface area contributed by atoms with Crippen LogP contribution in [0.25, 0.3) is 56.7 Å². The number of fused-ring (bicyclic) bond motifs is 1. The molecule has 4 aromatic heterocycles. The molecule has 33 heavy (non-hydrogen) atoms. The smallest absolute Gasteiger partial charge is 0.258 e. The van der Waals surface area contributed by atoms with E-state index in [9.17, 15) is 4.39 Å². The van der Waals surface area contributed by atoms with Gasteiger partial charge in [-0.1, -0.05) is 22.8 Å². The van der Waals surface area contributed by atoms with Gasteiger partial charge in [-0.15, -0.1) is 0 Å². The summed E-state index contributed by atoms with van der Waals surface area (Å²) < 4.78 is 25.6. The monoisotopic (exact) mass is 457 g/mol. The van der Waals surface area contributed by atoms with Crippen molar-refractivity contribution in [2.24, 2.45) is 0 Å². The van der Waals surface area contributed by atoms with Crippen molar-refractivity contribution in [3.63, 3.8) is 0 Å². The van der Waals surface area contributed by atoms with E-state index in [1.165, 1.54) is 6.07 Å². The Kier molecular flexibility index (Phi) is 4.51. The highest BCUT2D eigenvalue weighted by atomic mass is 35.5. The molecule has 1 N–H and O–H groups in total. The van der Waals surface area contributed by atoms with Crippen molar-refractivity contribution >= 4 is 22.6 Å². The molecule has 0 radical (unpaired) electrons. The quantitative estimate of drug-likeness (QED) is 0.329. The molecule has 0 atom stereocenters. The number of imidazole rings is 1. The largest absolute Gasteiger partial charge is 0.454 e. The average Bonchev–Trinajstić information content (AvgIpc) is 3.58. The number of rotatable bonds is 4. The van der Waals surface area contributed by atoms with E-state index in [0.29, 0.717) is 34.6 Å². The first kappa shape index (κ1) is 19.4. The lowest BCUT2D eigenvalue weighted by Crippen LogP contribution is -1.87. The number of benzene rings is 2. The van der Waals surface area contributed by atoms with Gasteiger partial charge in [-0.05, 0) is 48.5 Å². The molecule has 0 aliphatic heterocycles. The van der Waals surface area contributed by atoms with E-state index in [-0.39, 0.29) is 10.6 Å². The highest BCUT2D eigenvalue weighted by Gasteiger charge is 2.17. The minimum absolute atomic E-state index is 0.213. The van der Waals surface area contributed by atoms with Gasteiger partial charge in [0.2, 0.25) is 5.82 Å². The summed E-state index contributed by atoms with van der Waals surface area (Å²) in [4.78, 5) is 16.0. The van der Waals surface area contributed by atoms with Crippen LogP contribution in [-0.4, -0.2) is 25.1 Å². The normalized spacial score (nSPS) is 11.3. The third-order valence-electron chi connectivity index (χ3n) is 5.14. The third kappa shape index (κ3) is 3.46. The first-order valence-electron chi connectivity index (χ1n) is 9.94. The van der Waals surface area contributed by atoms with E-state index >= 15 is 0 Å². The summed E-state index contributed by atoms with van der Waals surface area (Å²) in [7, 11) is 0. The second-order valence-electron chi connectivity index (χ2n) is 7.26. The van der Waals surface area contributed by atoms with Gasteiger partial charge < -0.3 is 13.9 Å².